The predicted molar refractivity (Wildman–Crippen MR) is 60.7 cm³/mol. The molecule has 1 aromatic rings. The number of nitrogens with zero attached hydrogens (tertiary/aromatic N) is 4. The molecule has 0 spiro atoms. The van der Waals surface area contributed by atoms with Gasteiger partial charge in [0.15, 0.2) is 11.6 Å². The normalized spacial score (nSPS) is 8.56. The van der Waals surface area contributed by atoms with Crippen LogP contribution in [-0.4, -0.2) is 18.6 Å². The molecule has 0 unspecified atom stereocenters. The zero-order valence-electron chi connectivity index (χ0n) is 8.84. The molecule has 0 fully saturated rings. The van der Waals surface area contributed by atoms with Gasteiger partial charge in [0.05, 0.1) is 7.11 Å². The smallest absolute Gasteiger partial charge is 0.166 e. The van der Waals surface area contributed by atoms with Crippen molar-refractivity contribution in [2.75, 3.05) is 19.4 Å². The second kappa shape index (κ2) is 6.17. The molecule has 0 aromatic carbocycles. The van der Waals surface area contributed by atoms with Gasteiger partial charge in [-0.05, 0) is 5.53 Å². The van der Waals surface area contributed by atoms with Crippen LogP contribution in [-0.2, 0) is 0 Å². The van der Waals surface area contributed by atoms with Crippen LogP contribution in [0, 0.1) is 11.8 Å². The van der Waals surface area contributed by atoms with Crippen LogP contribution >= 0.6 is 0 Å². The molecule has 1 heterocycles. The van der Waals surface area contributed by atoms with Gasteiger partial charge >= 0.3 is 0 Å². The lowest BCUT2D eigenvalue weighted by Crippen LogP contribution is -1.95. The van der Waals surface area contributed by atoms with Gasteiger partial charge in [0, 0.05) is 35.7 Å². The van der Waals surface area contributed by atoms with Crippen LogP contribution in [0.25, 0.3) is 10.4 Å². The molecule has 0 aliphatic heterocycles. The van der Waals surface area contributed by atoms with Crippen molar-refractivity contribution in [3.63, 3.8) is 0 Å². The number of anilines is 1. The third-order valence-corrected chi connectivity index (χ3v) is 1.73. The third kappa shape index (κ3) is 3.40. The van der Waals surface area contributed by atoms with Gasteiger partial charge in [0.1, 0.15) is 0 Å². The van der Waals surface area contributed by atoms with Crippen molar-refractivity contribution in [2.24, 2.45) is 5.11 Å². The van der Waals surface area contributed by atoms with Gasteiger partial charge in [-0.2, -0.15) is 0 Å². The Morgan fingerprint density at radius 1 is 1.69 bits per heavy atom. The average Bonchev–Trinajstić information content (AvgIpc) is 2.31. The van der Waals surface area contributed by atoms with Gasteiger partial charge < -0.3 is 10.5 Å². The number of rotatable bonds is 3. The molecule has 16 heavy (non-hydrogen) atoms. The highest BCUT2D eigenvalue weighted by molar-refractivity contribution is 5.50. The first-order valence-corrected chi connectivity index (χ1v) is 4.57. The Balaban J connectivity index is 2.70. The van der Waals surface area contributed by atoms with Gasteiger partial charge in [-0.25, -0.2) is 4.98 Å². The molecule has 0 saturated heterocycles. The minimum atomic E-state index is 0.335. The van der Waals surface area contributed by atoms with Crippen LogP contribution in [0.3, 0.4) is 0 Å². The topological polar surface area (TPSA) is 96.9 Å². The number of ether oxygens (including phenoxy) is 1. The molecule has 0 atom stereocenters. The van der Waals surface area contributed by atoms with Crippen molar-refractivity contribution < 1.29 is 4.74 Å². The summed E-state index contributed by atoms with van der Waals surface area (Å²) in [5.74, 6) is 6.57. The Bertz CT molecular complexity index is 468. The van der Waals surface area contributed by atoms with Gasteiger partial charge in [0.25, 0.3) is 0 Å². The van der Waals surface area contributed by atoms with E-state index in [0.717, 1.165) is 0 Å². The first-order chi connectivity index (χ1) is 7.77. The van der Waals surface area contributed by atoms with Crippen LogP contribution in [0.15, 0.2) is 17.4 Å². The first-order valence-electron chi connectivity index (χ1n) is 4.57. The highest BCUT2D eigenvalue weighted by Crippen LogP contribution is 2.18. The van der Waals surface area contributed by atoms with Crippen molar-refractivity contribution in [2.45, 2.75) is 6.42 Å². The molecule has 6 nitrogen and oxygen atoms in total. The van der Waals surface area contributed by atoms with E-state index in [1.54, 1.807) is 12.3 Å². The Morgan fingerprint density at radius 3 is 3.19 bits per heavy atom. The van der Waals surface area contributed by atoms with E-state index in [2.05, 4.69) is 26.9 Å². The van der Waals surface area contributed by atoms with Crippen molar-refractivity contribution in [3.05, 3.63) is 28.3 Å². The Labute approximate surface area is 93.1 Å². The zero-order chi connectivity index (χ0) is 11.8. The molecule has 1 rings (SSSR count). The Morgan fingerprint density at radius 2 is 2.50 bits per heavy atom. The van der Waals surface area contributed by atoms with Crippen LogP contribution in [0.5, 0.6) is 5.75 Å². The second-order valence-electron chi connectivity index (χ2n) is 2.82. The van der Waals surface area contributed by atoms with E-state index in [4.69, 9.17) is 16.0 Å². The zero-order valence-corrected chi connectivity index (χ0v) is 8.84. The molecule has 0 amide bonds. The molecule has 0 saturated carbocycles. The number of nitrogens with two attached hydrogens (primary N) is 1. The fourth-order valence-corrected chi connectivity index (χ4v) is 1.00. The highest BCUT2D eigenvalue weighted by atomic mass is 16.5. The quantitative estimate of drug-likeness (QED) is 0.274. The summed E-state index contributed by atoms with van der Waals surface area (Å²) >= 11 is 0. The van der Waals surface area contributed by atoms with E-state index in [0.29, 0.717) is 30.1 Å². The van der Waals surface area contributed by atoms with E-state index >= 15 is 0 Å². The van der Waals surface area contributed by atoms with Crippen molar-refractivity contribution in [1.29, 1.82) is 0 Å². The number of aromatic nitrogens is 1. The summed E-state index contributed by atoms with van der Waals surface area (Å²) in [4.78, 5) is 6.56. The minimum Gasteiger partial charge on any atom is -0.493 e. The Hall–Kier alpha value is -2.38. The lowest BCUT2D eigenvalue weighted by molar-refractivity contribution is 0.415. The van der Waals surface area contributed by atoms with E-state index in [-0.39, 0.29) is 0 Å². The fraction of sp³-hybridized carbons (Fsp3) is 0.300. The van der Waals surface area contributed by atoms with E-state index in [9.17, 15) is 0 Å². The summed E-state index contributed by atoms with van der Waals surface area (Å²) in [6, 6.07) is 1.71. The largest absolute Gasteiger partial charge is 0.493 e. The predicted octanol–water partition coefficient (Wildman–Crippen LogP) is 1.72. The standard InChI is InChI=1S/C10H11N5O/c1-16-9-6-8(7-13-10(9)11)4-2-3-5-14-15-12/h6-7H,3,5H2,1H3,(H2,11,13). The first kappa shape index (κ1) is 11.7. The number of hydrogen-bond donors (Lipinski definition) is 1. The summed E-state index contributed by atoms with van der Waals surface area (Å²) in [7, 11) is 1.52. The average molecular weight is 217 g/mol. The number of pyridine rings is 1. The summed E-state index contributed by atoms with van der Waals surface area (Å²) < 4.78 is 5.01. The van der Waals surface area contributed by atoms with Crippen LogP contribution in [0.4, 0.5) is 5.82 Å². The maximum Gasteiger partial charge on any atom is 0.166 e. The van der Waals surface area contributed by atoms with Gasteiger partial charge in [-0.15, -0.1) is 0 Å². The molecule has 82 valence electrons. The maximum absolute atomic E-state index is 8.05. The molecule has 0 bridgehead atoms. The van der Waals surface area contributed by atoms with Crippen LogP contribution in [0.1, 0.15) is 12.0 Å². The fourth-order valence-electron chi connectivity index (χ4n) is 1.00. The molecule has 0 aliphatic carbocycles. The van der Waals surface area contributed by atoms with Crippen LogP contribution in [0.2, 0.25) is 0 Å². The molecular formula is C10H11N5O. The summed E-state index contributed by atoms with van der Waals surface area (Å²) in [5, 5.41) is 3.37. The molecule has 0 aliphatic rings. The van der Waals surface area contributed by atoms with E-state index in [1.165, 1.54) is 7.11 Å². The monoisotopic (exact) mass is 217 g/mol. The SMILES string of the molecule is COc1cc(C#CCCN=[N+]=[N-])cnc1N. The van der Waals surface area contributed by atoms with Crippen molar-refractivity contribution in [3.8, 4) is 17.6 Å². The summed E-state index contributed by atoms with van der Waals surface area (Å²) in [5.41, 5.74) is 14.3. The van der Waals surface area contributed by atoms with Crippen LogP contribution < -0.4 is 10.5 Å². The molecule has 0 radical (unpaired) electrons. The van der Waals surface area contributed by atoms with Gasteiger partial charge in [-0.3, -0.25) is 0 Å². The lowest BCUT2D eigenvalue weighted by Gasteiger charge is -2.02. The minimum absolute atomic E-state index is 0.335. The molecule has 6 heteroatoms. The number of hydrogen-bond acceptors (Lipinski definition) is 4. The highest BCUT2D eigenvalue weighted by Gasteiger charge is 1.99. The molecular weight excluding hydrogens is 206 g/mol. The van der Waals surface area contributed by atoms with E-state index in [1.807, 2.05) is 0 Å². The summed E-state index contributed by atoms with van der Waals surface area (Å²) in [6.45, 7) is 0.364. The van der Waals surface area contributed by atoms with Crippen molar-refractivity contribution in [1.82, 2.24) is 4.98 Å². The molecule has 1 aromatic heterocycles. The van der Waals surface area contributed by atoms with Gasteiger partial charge in [0.2, 0.25) is 0 Å². The number of nitrogen functional groups attached to an aromatic ring is 1. The van der Waals surface area contributed by atoms with Crippen molar-refractivity contribution >= 4 is 5.82 Å². The molecule has 2 N–H and O–H groups in total. The third-order valence-electron chi connectivity index (χ3n) is 1.73. The summed E-state index contributed by atoms with van der Waals surface area (Å²) in [6.07, 6.45) is 2.08. The lowest BCUT2D eigenvalue weighted by atomic mass is 10.2. The number of azide groups is 1. The van der Waals surface area contributed by atoms with E-state index < -0.39 is 0 Å². The number of methoxy groups -OCH3 is 1. The maximum atomic E-state index is 8.05. The van der Waals surface area contributed by atoms with Gasteiger partial charge in [-0.1, -0.05) is 17.0 Å². The Kier molecular flexibility index (Phi) is 4.51. The second-order valence-corrected chi connectivity index (χ2v) is 2.82.